The molecule has 0 aliphatic heterocycles. The van der Waals surface area contributed by atoms with Crippen LogP contribution < -0.4 is 10.6 Å². The van der Waals surface area contributed by atoms with Crippen molar-refractivity contribution in [2.24, 2.45) is 4.99 Å². The number of hydrogen-bond donors (Lipinski definition) is 2. The Morgan fingerprint density at radius 3 is 2.33 bits per heavy atom. The summed E-state index contributed by atoms with van der Waals surface area (Å²) in [6.07, 6.45) is 4.61. The molecule has 0 amide bonds. The van der Waals surface area contributed by atoms with Crippen molar-refractivity contribution >= 4 is 5.96 Å². The van der Waals surface area contributed by atoms with Gasteiger partial charge < -0.3 is 15.4 Å². The molecule has 2 aromatic carbocycles. The predicted molar refractivity (Wildman–Crippen MR) is 112 cm³/mol. The minimum absolute atomic E-state index is 0.296. The first-order valence-electron chi connectivity index (χ1n) is 9.94. The van der Waals surface area contributed by atoms with Crippen LogP contribution in [0.5, 0.6) is 0 Å². The summed E-state index contributed by atoms with van der Waals surface area (Å²) in [6.45, 7) is 3.34. The number of nitrogens with one attached hydrogen (secondary N) is 2. The van der Waals surface area contributed by atoms with Crippen LogP contribution in [0.2, 0.25) is 0 Å². The summed E-state index contributed by atoms with van der Waals surface area (Å²) in [4.78, 5) is 4.35. The molecule has 1 saturated carbocycles. The van der Waals surface area contributed by atoms with Crippen LogP contribution in [-0.4, -0.2) is 32.7 Å². The van der Waals surface area contributed by atoms with E-state index in [2.05, 4.69) is 58.1 Å². The monoisotopic (exact) mass is 365 g/mol. The van der Waals surface area contributed by atoms with Crippen LogP contribution >= 0.6 is 0 Å². The van der Waals surface area contributed by atoms with Gasteiger partial charge in [0.05, 0.1) is 6.61 Å². The summed E-state index contributed by atoms with van der Waals surface area (Å²) < 4.78 is 5.73. The topological polar surface area (TPSA) is 45.7 Å². The number of rotatable bonds is 10. The molecule has 1 aliphatic rings. The number of unbranched alkanes of at least 4 members (excludes halogenated alkanes) is 1. The van der Waals surface area contributed by atoms with Crippen LogP contribution in [0.1, 0.15) is 36.8 Å². The van der Waals surface area contributed by atoms with Gasteiger partial charge in [-0.3, -0.25) is 4.99 Å². The van der Waals surface area contributed by atoms with Crippen LogP contribution in [0.3, 0.4) is 0 Å². The third-order valence-corrected chi connectivity index (χ3v) is 5.18. The lowest BCUT2D eigenvalue weighted by Gasteiger charge is -2.19. The van der Waals surface area contributed by atoms with Crippen molar-refractivity contribution in [1.29, 1.82) is 0 Å². The first kappa shape index (κ1) is 19.4. The number of hydrogen-bond acceptors (Lipinski definition) is 2. The Morgan fingerprint density at radius 1 is 0.963 bits per heavy atom. The van der Waals surface area contributed by atoms with Crippen LogP contribution in [0, 0.1) is 0 Å². The van der Waals surface area contributed by atoms with E-state index in [0.717, 1.165) is 38.5 Å². The molecule has 0 atom stereocenters. The average Bonchev–Trinajstić information content (AvgIpc) is 3.52. The lowest BCUT2D eigenvalue weighted by Crippen LogP contribution is -2.41. The second-order valence-corrected chi connectivity index (χ2v) is 7.24. The Morgan fingerprint density at radius 2 is 1.67 bits per heavy atom. The van der Waals surface area contributed by atoms with Gasteiger partial charge in [-0.05, 0) is 36.8 Å². The van der Waals surface area contributed by atoms with E-state index in [-0.39, 0.29) is 0 Å². The Bertz CT molecular complexity index is 696. The van der Waals surface area contributed by atoms with Crippen molar-refractivity contribution in [1.82, 2.24) is 10.6 Å². The summed E-state index contributed by atoms with van der Waals surface area (Å²) in [5, 5.41) is 6.92. The highest BCUT2D eigenvalue weighted by Gasteiger charge is 2.43. The molecule has 0 radical (unpaired) electrons. The van der Waals surface area contributed by atoms with E-state index in [1.807, 2.05) is 25.2 Å². The van der Waals surface area contributed by atoms with E-state index in [4.69, 9.17) is 4.74 Å². The maximum atomic E-state index is 5.73. The second kappa shape index (κ2) is 10.1. The first-order valence-corrected chi connectivity index (χ1v) is 9.94. The largest absolute Gasteiger partial charge is 0.377 e. The smallest absolute Gasteiger partial charge is 0.191 e. The molecule has 27 heavy (non-hydrogen) atoms. The summed E-state index contributed by atoms with van der Waals surface area (Å²) in [5.41, 5.74) is 2.96. The molecule has 3 rings (SSSR count). The fraction of sp³-hybridized carbons (Fsp3) is 0.435. The van der Waals surface area contributed by atoms with E-state index in [1.54, 1.807) is 0 Å². The molecule has 4 heteroatoms. The molecule has 1 aliphatic carbocycles. The van der Waals surface area contributed by atoms with Gasteiger partial charge in [0.1, 0.15) is 0 Å². The Balaban J connectivity index is 1.27. The fourth-order valence-electron chi connectivity index (χ4n) is 3.28. The molecule has 2 N–H and O–H groups in total. The number of guanidine groups is 1. The molecular weight excluding hydrogens is 334 g/mol. The highest BCUT2D eigenvalue weighted by Crippen LogP contribution is 2.47. The number of benzene rings is 2. The van der Waals surface area contributed by atoms with E-state index in [0.29, 0.717) is 12.0 Å². The van der Waals surface area contributed by atoms with Crippen molar-refractivity contribution in [2.75, 3.05) is 26.7 Å². The molecule has 0 spiro atoms. The van der Waals surface area contributed by atoms with Crippen LogP contribution in [0.25, 0.3) is 0 Å². The maximum absolute atomic E-state index is 5.73. The Kier molecular flexibility index (Phi) is 7.28. The summed E-state index contributed by atoms with van der Waals surface area (Å²) in [5.74, 6) is 0.891. The van der Waals surface area contributed by atoms with Gasteiger partial charge in [0.2, 0.25) is 0 Å². The Hall–Kier alpha value is -2.33. The summed E-state index contributed by atoms with van der Waals surface area (Å²) in [6, 6.07) is 21.1. The maximum Gasteiger partial charge on any atom is 0.191 e. The molecule has 0 bridgehead atoms. The van der Waals surface area contributed by atoms with E-state index < -0.39 is 0 Å². The minimum Gasteiger partial charge on any atom is -0.377 e. The van der Waals surface area contributed by atoms with Crippen LogP contribution in [0.4, 0.5) is 0 Å². The van der Waals surface area contributed by atoms with E-state index >= 15 is 0 Å². The van der Waals surface area contributed by atoms with Gasteiger partial charge in [-0.2, -0.15) is 0 Å². The van der Waals surface area contributed by atoms with Crippen molar-refractivity contribution in [3.05, 3.63) is 71.8 Å². The molecule has 0 aromatic heterocycles. The van der Waals surface area contributed by atoms with Gasteiger partial charge in [-0.15, -0.1) is 0 Å². The molecule has 0 saturated heterocycles. The molecule has 2 aromatic rings. The molecule has 0 heterocycles. The SMILES string of the molecule is CN=C(NCCCCOCc1ccccc1)NCC1(c2ccccc2)CC1. The zero-order valence-electron chi connectivity index (χ0n) is 16.3. The third kappa shape index (κ3) is 6.10. The van der Waals surface area contributed by atoms with Gasteiger partial charge in [-0.1, -0.05) is 60.7 Å². The van der Waals surface area contributed by atoms with Crippen LogP contribution in [-0.2, 0) is 16.8 Å². The predicted octanol–water partition coefficient (Wildman–Crippen LogP) is 3.88. The van der Waals surface area contributed by atoms with Gasteiger partial charge in [0.15, 0.2) is 5.96 Å². The Labute approximate surface area is 163 Å². The first-order chi connectivity index (χ1) is 13.3. The molecule has 1 fully saturated rings. The summed E-state index contributed by atoms with van der Waals surface area (Å²) in [7, 11) is 1.83. The minimum atomic E-state index is 0.296. The highest BCUT2D eigenvalue weighted by molar-refractivity contribution is 5.79. The van der Waals surface area contributed by atoms with Gasteiger partial charge in [-0.25, -0.2) is 0 Å². The molecule has 144 valence electrons. The molecule has 4 nitrogen and oxygen atoms in total. The van der Waals surface area contributed by atoms with Crippen molar-refractivity contribution in [3.63, 3.8) is 0 Å². The lowest BCUT2D eigenvalue weighted by atomic mass is 9.96. The number of aliphatic imine (C=N–C) groups is 1. The standard InChI is InChI=1S/C23H31N3O/c1-24-22(26-19-23(14-15-23)21-12-6-3-7-13-21)25-16-8-9-17-27-18-20-10-4-2-5-11-20/h2-7,10-13H,8-9,14-19H2,1H3,(H2,24,25,26). The quantitative estimate of drug-likeness (QED) is 0.382. The zero-order chi connectivity index (χ0) is 18.8. The van der Waals surface area contributed by atoms with Crippen molar-refractivity contribution in [3.8, 4) is 0 Å². The van der Waals surface area contributed by atoms with Gasteiger partial charge in [0.25, 0.3) is 0 Å². The second-order valence-electron chi connectivity index (χ2n) is 7.24. The van der Waals surface area contributed by atoms with E-state index in [9.17, 15) is 0 Å². The fourth-order valence-corrected chi connectivity index (χ4v) is 3.28. The zero-order valence-corrected chi connectivity index (χ0v) is 16.3. The average molecular weight is 366 g/mol. The normalized spacial score (nSPS) is 15.4. The number of ether oxygens (including phenoxy) is 1. The van der Waals surface area contributed by atoms with Crippen molar-refractivity contribution < 1.29 is 4.74 Å². The number of nitrogens with zero attached hydrogens (tertiary/aromatic N) is 1. The van der Waals surface area contributed by atoms with Gasteiger partial charge >= 0.3 is 0 Å². The van der Waals surface area contributed by atoms with E-state index in [1.165, 1.54) is 24.0 Å². The van der Waals surface area contributed by atoms with Crippen molar-refractivity contribution in [2.45, 2.75) is 37.7 Å². The molecule has 0 unspecified atom stereocenters. The third-order valence-electron chi connectivity index (χ3n) is 5.18. The highest BCUT2D eigenvalue weighted by atomic mass is 16.5. The molecular formula is C23H31N3O. The summed E-state index contributed by atoms with van der Waals surface area (Å²) >= 11 is 0. The lowest BCUT2D eigenvalue weighted by molar-refractivity contribution is 0.117. The van der Waals surface area contributed by atoms with Crippen LogP contribution in [0.15, 0.2) is 65.7 Å². The van der Waals surface area contributed by atoms with Gasteiger partial charge in [0, 0.05) is 32.2 Å².